The molecular weight excluding hydrogens is 172 g/mol. The Bertz CT molecular complexity index is 213. The summed E-state index contributed by atoms with van der Waals surface area (Å²) in [5.74, 6) is -1.15. The summed E-state index contributed by atoms with van der Waals surface area (Å²) in [4.78, 5) is 23.5. The van der Waals surface area contributed by atoms with Crippen molar-refractivity contribution in [1.29, 1.82) is 0 Å². The van der Waals surface area contributed by atoms with Crippen molar-refractivity contribution in [2.45, 2.75) is 18.9 Å². The average Bonchev–Trinajstić information content (AvgIpc) is 2.87. The van der Waals surface area contributed by atoms with Gasteiger partial charge in [0, 0.05) is 19.6 Å². The number of hydrogen-bond acceptors (Lipinski definition) is 3. The summed E-state index contributed by atoms with van der Waals surface area (Å²) in [5, 5.41) is 11.1. The van der Waals surface area contributed by atoms with Crippen LogP contribution in [0.2, 0.25) is 0 Å². The van der Waals surface area contributed by atoms with Gasteiger partial charge in [-0.25, -0.2) is 0 Å². The maximum Gasteiger partial charge on any atom is 0.311 e. The number of hydrogen-bond donors (Lipinski definition) is 2. The zero-order valence-corrected chi connectivity index (χ0v) is 7.62. The molecule has 1 rings (SSSR count). The first-order valence-electron chi connectivity index (χ1n) is 4.32. The summed E-state index contributed by atoms with van der Waals surface area (Å²) >= 11 is 0. The van der Waals surface area contributed by atoms with E-state index in [0.717, 1.165) is 12.8 Å². The van der Waals surface area contributed by atoms with Gasteiger partial charge in [-0.05, 0) is 12.8 Å². The molecule has 0 spiro atoms. The molecule has 0 aromatic carbocycles. The quantitative estimate of drug-likeness (QED) is 0.539. The molecule has 0 aromatic heterocycles. The van der Waals surface area contributed by atoms with Crippen molar-refractivity contribution in [3.05, 3.63) is 0 Å². The van der Waals surface area contributed by atoms with Crippen molar-refractivity contribution >= 4 is 11.8 Å². The molecular formula is C8H14N2O3. The van der Waals surface area contributed by atoms with E-state index in [9.17, 15) is 9.59 Å². The minimum absolute atomic E-state index is 0.126. The maximum absolute atomic E-state index is 11.2. The number of carbonyl (C=O) groups is 2. The fourth-order valence-electron chi connectivity index (χ4n) is 0.900. The zero-order valence-electron chi connectivity index (χ0n) is 7.62. The number of amides is 2. The molecule has 0 aromatic rings. The molecule has 0 atom stereocenters. The second kappa shape index (κ2) is 4.23. The van der Waals surface area contributed by atoms with Crippen LogP contribution in [-0.2, 0) is 9.59 Å². The van der Waals surface area contributed by atoms with Gasteiger partial charge >= 0.3 is 11.8 Å². The number of aliphatic hydroxyl groups is 1. The van der Waals surface area contributed by atoms with Gasteiger partial charge in [0.25, 0.3) is 0 Å². The first-order chi connectivity index (χ1) is 6.15. The molecule has 0 bridgehead atoms. The monoisotopic (exact) mass is 186 g/mol. The van der Waals surface area contributed by atoms with Gasteiger partial charge in [-0.1, -0.05) is 0 Å². The first kappa shape index (κ1) is 9.98. The van der Waals surface area contributed by atoms with Gasteiger partial charge in [-0.3, -0.25) is 9.59 Å². The molecule has 0 saturated heterocycles. The zero-order chi connectivity index (χ0) is 9.84. The first-order valence-corrected chi connectivity index (χ1v) is 4.32. The molecule has 1 fully saturated rings. The molecule has 2 N–H and O–H groups in total. The molecule has 0 heterocycles. The highest BCUT2D eigenvalue weighted by Gasteiger charge is 2.27. The molecule has 5 nitrogen and oxygen atoms in total. The van der Waals surface area contributed by atoms with Crippen molar-refractivity contribution in [2.24, 2.45) is 0 Å². The Morgan fingerprint density at radius 3 is 2.62 bits per heavy atom. The van der Waals surface area contributed by atoms with E-state index >= 15 is 0 Å². The molecule has 74 valence electrons. The molecule has 0 aliphatic heterocycles. The van der Waals surface area contributed by atoms with Crippen molar-refractivity contribution < 1.29 is 14.7 Å². The fourth-order valence-corrected chi connectivity index (χ4v) is 0.900. The second-order valence-corrected chi connectivity index (χ2v) is 3.20. The lowest BCUT2D eigenvalue weighted by Crippen LogP contribution is -2.42. The Kier molecular flexibility index (Phi) is 3.25. The number of carbonyl (C=O) groups excluding carboxylic acids is 2. The van der Waals surface area contributed by atoms with Gasteiger partial charge in [0.2, 0.25) is 0 Å². The van der Waals surface area contributed by atoms with Crippen molar-refractivity contribution in [3.63, 3.8) is 0 Å². The number of likely N-dealkylation sites (N-methyl/N-ethyl adjacent to an activating group) is 1. The van der Waals surface area contributed by atoms with Crippen LogP contribution in [0.3, 0.4) is 0 Å². The fraction of sp³-hybridized carbons (Fsp3) is 0.750. The highest BCUT2D eigenvalue weighted by molar-refractivity contribution is 6.35. The third-order valence-electron chi connectivity index (χ3n) is 1.89. The van der Waals surface area contributed by atoms with Crippen LogP contribution in [0, 0.1) is 0 Å². The number of aliphatic hydroxyl groups excluding tert-OH is 1. The van der Waals surface area contributed by atoms with Crippen LogP contribution < -0.4 is 5.32 Å². The van der Waals surface area contributed by atoms with Crippen LogP contribution >= 0.6 is 0 Å². The summed E-state index contributed by atoms with van der Waals surface area (Å²) in [6.45, 7) is 0.0653. The molecule has 0 unspecified atom stereocenters. The van der Waals surface area contributed by atoms with Crippen molar-refractivity contribution in [3.8, 4) is 0 Å². The van der Waals surface area contributed by atoms with E-state index in [-0.39, 0.29) is 19.2 Å². The molecule has 5 heteroatoms. The normalized spacial score (nSPS) is 15.2. The summed E-state index contributed by atoms with van der Waals surface area (Å²) in [5.41, 5.74) is 0. The van der Waals surface area contributed by atoms with Crippen LogP contribution in [0.5, 0.6) is 0 Å². The second-order valence-electron chi connectivity index (χ2n) is 3.20. The number of nitrogens with one attached hydrogen (secondary N) is 1. The summed E-state index contributed by atoms with van der Waals surface area (Å²) in [6, 6.07) is 0.193. The summed E-state index contributed by atoms with van der Waals surface area (Å²) in [7, 11) is 1.49. The lowest BCUT2D eigenvalue weighted by Gasteiger charge is -2.14. The highest BCUT2D eigenvalue weighted by Crippen LogP contribution is 2.18. The predicted molar refractivity (Wildman–Crippen MR) is 45.9 cm³/mol. The van der Waals surface area contributed by atoms with Gasteiger partial charge in [0.05, 0.1) is 6.61 Å². The summed E-state index contributed by atoms with van der Waals surface area (Å²) in [6.07, 6.45) is 1.92. The number of rotatable bonds is 3. The minimum Gasteiger partial charge on any atom is -0.395 e. The molecule has 2 amide bonds. The Labute approximate surface area is 76.7 Å². The largest absolute Gasteiger partial charge is 0.395 e. The Morgan fingerprint density at radius 2 is 2.15 bits per heavy atom. The number of nitrogens with zero attached hydrogens (tertiary/aromatic N) is 1. The third kappa shape index (κ3) is 3.02. The standard InChI is InChI=1S/C8H14N2O3/c1-10(4-5-11)8(13)7(12)9-6-2-3-6/h6,11H,2-5H2,1H3,(H,9,12). The predicted octanol–water partition coefficient (Wildman–Crippen LogP) is -1.28. The third-order valence-corrected chi connectivity index (χ3v) is 1.89. The SMILES string of the molecule is CN(CCO)C(=O)C(=O)NC1CC1. The smallest absolute Gasteiger partial charge is 0.311 e. The van der Waals surface area contributed by atoms with E-state index in [4.69, 9.17) is 5.11 Å². The summed E-state index contributed by atoms with van der Waals surface area (Å²) < 4.78 is 0. The van der Waals surface area contributed by atoms with Gasteiger partial charge in [-0.15, -0.1) is 0 Å². The van der Waals surface area contributed by atoms with E-state index in [0.29, 0.717) is 0 Å². The van der Waals surface area contributed by atoms with E-state index in [2.05, 4.69) is 5.32 Å². The Hall–Kier alpha value is -1.10. The van der Waals surface area contributed by atoms with Crippen LogP contribution in [-0.4, -0.2) is 48.1 Å². The van der Waals surface area contributed by atoms with Crippen LogP contribution in [0.15, 0.2) is 0 Å². The highest BCUT2D eigenvalue weighted by atomic mass is 16.3. The van der Waals surface area contributed by atoms with Crippen LogP contribution in [0.1, 0.15) is 12.8 Å². The van der Waals surface area contributed by atoms with Gasteiger partial charge in [0.15, 0.2) is 0 Å². The molecule has 1 saturated carbocycles. The van der Waals surface area contributed by atoms with E-state index in [1.165, 1.54) is 11.9 Å². The van der Waals surface area contributed by atoms with Gasteiger partial charge in [-0.2, -0.15) is 0 Å². The van der Waals surface area contributed by atoms with Gasteiger partial charge in [0.1, 0.15) is 0 Å². The van der Waals surface area contributed by atoms with Crippen LogP contribution in [0.4, 0.5) is 0 Å². The maximum atomic E-state index is 11.2. The van der Waals surface area contributed by atoms with E-state index in [1.54, 1.807) is 0 Å². The average molecular weight is 186 g/mol. The minimum atomic E-state index is -0.582. The van der Waals surface area contributed by atoms with Crippen LogP contribution in [0.25, 0.3) is 0 Å². The van der Waals surface area contributed by atoms with Gasteiger partial charge < -0.3 is 15.3 Å². The molecule has 0 radical (unpaired) electrons. The van der Waals surface area contributed by atoms with Crippen molar-refractivity contribution in [1.82, 2.24) is 10.2 Å². The lowest BCUT2D eigenvalue weighted by molar-refractivity contribution is -0.145. The van der Waals surface area contributed by atoms with Crippen molar-refractivity contribution in [2.75, 3.05) is 20.2 Å². The Morgan fingerprint density at radius 1 is 1.54 bits per heavy atom. The lowest BCUT2D eigenvalue weighted by atomic mass is 10.4. The Balaban J connectivity index is 2.31. The van der Waals surface area contributed by atoms with E-state index in [1.807, 2.05) is 0 Å². The molecule has 1 aliphatic rings. The molecule has 1 aliphatic carbocycles. The van der Waals surface area contributed by atoms with E-state index < -0.39 is 11.8 Å². The molecule has 13 heavy (non-hydrogen) atoms. The topological polar surface area (TPSA) is 69.6 Å².